The summed E-state index contributed by atoms with van der Waals surface area (Å²) in [6.07, 6.45) is 2.60. The summed E-state index contributed by atoms with van der Waals surface area (Å²) in [6, 6.07) is 20.2. The molecule has 154 valence electrons. The summed E-state index contributed by atoms with van der Waals surface area (Å²) < 4.78 is 7.47. The topological polar surface area (TPSA) is 56.5 Å². The lowest BCUT2D eigenvalue weighted by Gasteiger charge is -2.09. The minimum atomic E-state index is 0.177. The van der Waals surface area contributed by atoms with E-state index in [4.69, 9.17) is 4.74 Å². The maximum absolute atomic E-state index is 12.8. The number of nitrogens with zero attached hydrogens (tertiary/aromatic N) is 3. The highest BCUT2D eigenvalue weighted by molar-refractivity contribution is 7.20. The first kappa shape index (κ1) is 19.5. The van der Waals surface area contributed by atoms with Crippen molar-refractivity contribution >= 4 is 32.7 Å². The lowest BCUT2D eigenvalue weighted by molar-refractivity contribution is -0.117. The molecule has 0 N–H and O–H groups in total. The van der Waals surface area contributed by atoms with Crippen LogP contribution in [-0.4, -0.2) is 27.5 Å². The zero-order chi connectivity index (χ0) is 21.4. The standard InChI is InChI=1S/C25H21N3O2S/c1-16-26-15-24-28(16)27-25(31-24)22-11-10-17(13-23(22)30-2)12-20(29)14-19-8-5-7-18-6-3-4-9-21(18)19/h3-11,13,15H,12,14H2,1-2H3. The number of fused-ring (bicyclic) bond motifs is 2. The van der Waals surface area contributed by atoms with Gasteiger partial charge in [0.25, 0.3) is 0 Å². The van der Waals surface area contributed by atoms with Gasteiger partial charge in [0.05, 0.1) is 18.9 Å². The highest BCUT2D eigenvalue weighted by Crippen LogP contribution is 2.34. The van der Waals surface area contributed by atoms with E-state index in [0.717, 1.165) is 48.9 Å². The largest absolute Gasteiger partial charge is 0.496 e. The molecule has 31 heavy (non-hydrogen) atoms. The van der Waals surface area contributed by atoms with Crippen LogP contribution >= 0.6 is 11.3 Å². The Bertz CT molecular complexity index is 1410. The fourth-order valence-corrected chi connectivity index (χ4v) is 4.86. The van der Waals surface area contributed by atoms with E-state index in [2.05, 4.69) is 28.3 Å². The van der Waals surface area contributed by atoms with Crippen molar-refractivity contribution in [3.05, 3.63) is 83.8 Å². The van der Waals surface area contributed by atoms with Crippen LogP contribution in [0.5, 0.6) is 5.75 Å². The number of ketones is 1. The van der Waals surface area contributed by atoms with Gasteiger partial charge in [-0.1, -0.05) is 59.9 Å². The second-order valence-corrected chi connectivity index (χ2v) is 8.54. The van der Waals surface area contributed by atoms with E-state index in [1.54, 1.807) is 18.4 Å². The average Bonchev–Trinajstić information content (AvgIpc) is 3.36. The third-order valence-corrected chi connectivity index (χ3v) is 6.42. The quantitative estimate of drug-likeness (QED) is 0.370. The van der Waals surface area contributed by atoms with Gasteiger partial charge >= 0.3 is 0 Å². The fourth-order valence-electron chi connectivity index (χ4n) is 3.90. The van der Waals surface area contributed by atoms with Crippen molar-refractivity contribution in [1.29, 1.82) is 0 Å². The predicted octanol–water partition coefficient (Wildman–Crippen LogP) is 5.28. The minimum Gasteiger partial charge on any atom is -0.496 e. The molecule has 0 atom stereocenters. The Hall–Kier alpha value is -3.51. The molecule has 0 unspecified atom stereocenters. The second kappa shape index (κ2) is 7.96. The number of benzene rings is 3. The van der Waals surface area contributed by atoms with Crippen LogP contribution in [0.3, 0.4) is 0 Å². The molecule has 0 spiro atoms. The van der Waals surface area contributed by atoms with Crippen molar-refractivity contribution in [2.45, 2.75) is 19.8 Å². The molecule has 5 rings (SSSR count). The molecule has 0 amide bonds. The zero-order valence-electron chi connectivity index (χ0n) is 17.3. The molecular formula is C25H21N3O2S. The smallest absolute Gasteiger partial charge is 0.150 e. The average molecular weight is 428 g/mol. The van der Waals surface area contributed by atoms with Gasteiger partial charge in [-0.05, 0) is 41.0 Å². The normalized spacial score (nSPS) is 11.3. The van der Waals surface area contributed by atoms with Gasteiger partial charge in [-0.3, -0.25) is 4.79 Å². The number of carbonyl (C=O) groups is 1. The molecule has 2 heterocycles. The van der Waals surface area contributed by atoms with Gasteiger partial charge in [0.2, 0.25) is 0 Å². The third-order valence-electron chi connectivity index (χ3n) is 5.43. The van der Waals surface area contributed by atoms with E-state index in [0.29, 0.717) is 12.8 Å². The minimum absolute atomic E-state index is 0.177. The number of carbonyl (C=O) groups excluding carboxylic acids is 1. The number of aromatic nitrogens is 3. The number of hydrogen-bond donors (Lipinski definition) is 0. The Morgan fingerprint density at radius 3 is 2.74 bits per heavy atom. The van der Waals surface area contributed by atoms with Crippen molar-refractivity contribution in [3.8, 4) is 16.3 Å². The summed E-state index contributed by atoms with van der Waals surface area (Å²) in [5.74, 6) is 1.75. The zero-order valence-corrected chi connectivity index (χ0v) is 18.1. The molecule has 5 aromatic rings. The van der Waals surface area contributed by atoms with Crippen LogP contribution in [0.1, 0.15) is 17.0 Å². The molecule has 0 aliphatic carbocycles. The Morgan fingerprint density at radius 2 is 1.90 bits per heavy atom. The highest BCUT2D eigenvalue weighted by atomic mass is 32.1. The van der Waals surface area contributed by atoms with Gasteiger partial charge in [-0.2, -0.15) is 5.10 Å². The first-order valence-electron chi connectivity index (χ1n) is 10.1. The first-order valence-corrected chi connectivity index (χ1v) is 10.9. The van der Waals surface area contributed by atoms with Gasteiger partial charge in [0, 0.05) is 12.8 Å². The van der Waals surface area contributed by atoms with Crippen LogP contribution in [0.2, 0.25) is 0 Å². The van der Waals surface area contributed by atoms with Crippen LogP contribution in [0.25, 0.3) is 26.2 Å². The van der Waals surface area contributed by atoms with Gasteiger partial charge in [-0.15, -0.1) is 0 Å². The van der Waals surface area contributed by atoms with Crippen molar-refractivity contribution < 1.29 is 9.53 Å². The summed E-state index contributed by atoms with van der Waals surface area (Å²) in [4.78, 5) is 18.1. The van der Waals surface area contributed by atoms with Crippen LogP contribution < -0.4 is 4.74 Å². The number of imidazole rings is 1. The van der Waals surface area contributed by atoms with E-state index in [1.807, 2.05) is 60.1 Å². The first-order chi connectivity index (χ1) is 15.1. The molecule has 2 aromatic heterocycles. The second-order valence-electron chi connectivity index (χ2n) is 7.53. The number of aryl methyl sites for hydroxylation is 1. The van der Waals surface area contributed by atoms with Crippen molar-refractivity contribution in [1.82, 2.24) is 14.6 Å². The number of methoxy groups -OCH3 is 1. The highest BCUT2D eigenvalue weighted by Gasteiger charge is 2.15. The summed E-state index contributed by atoms with van der Waals surface area (Å²) in [5.41, 5.74) is 2.92. The van der Waals surface area contributed by atoms with Crippen molar-refractivity contribution in [2.75, 3.05) is 7.11 Å². The molecule has 0 bridgehead atoms. The van der Waals surface area contributed by atoms with E-state index < -0.39 is 0 Å². The molecular weight excluding hydrogens is 406 g/mol. The molecule has 0 fully saturated rings. The van der Waals surface area contributed by atoms with Gasteiger partial charge in [0.1, 0.15) is 27.2 Å². The fraction of sp³-hybridized carbons (Fsp3) is 0.160. The lowest BCUT2D eigenvalue weighted by Crippen LogP contribution is -2.07. The lowest BCUT2D eigenvalue weighted by atomic mass is 9.97. The van der Waals surface area contributed by atoms with Crippen LogP contribution in [-0.2, 0) is 17.6 Å². The van der Waals surface area contributed by atoms with Gasteiger partial charge < -0.3 is 4.74 Å². The maximum atomic E-state index is 12.8. The summed E-state index contributed by atoms with van der Waals surface area (Å²) in [6.45, 7) is 1.93. The monoisotopic (exact) mass is 427 g/mol. The molecule has 5 nitrogen and oxygen atoms in total. The van der Waals surface area contributed by atoms with Gasteiger partial charge in [0.15, 0.2) is 0 Å². The van der Waals surface area contributed by atoms with Crippen LogP contribution in [0.15, 0.2) is 66.9 Å². The number of rotatable bonds is 6. The molecule has 3 aromatic carbocycles. The van der Waals surface area contributed by atoms with Crippen LogP contribution in [0.4, 0.5) is 0 Å². The molecule has 0 aliphatic rings. The van der Waals surface area contributed by atoms with E-state index in [9.17, 15) is 4.79 Å². The third kappa shape index (κ3) is 3.70. The van der Waals surface area contributed by atoms with E-state index >= 15 is 0 Å². The number of hydrogen-bond acceptors (Lipinski definition) is 5. The number of ether oxygens (including phenoxy) is 1. The van der Waals surface area contributed by atoms with Crippen LogP contribution in [0, 0.1) is 6.92 Å². The molecule has 0 saturated heterocycles. The predicted molar refractivity (Wildman–Crippen MR) is 124 cm³/mol. The Balaban J connectivity index is 1.38. The molecule has 0 saturated carbocycles. The number of Topliss-reactive ketones (excluding diaryl/α,β-unsaturated/α-hetero) is 1. The summed E-state index contributed by atoms with van der Waals surface area (Å²) in [5, 5.41) is 7.81. The van der Waals surface area contributed by atoms with Gasteiger partial charge in [-0.25, -0.2) is 9.50 Å². The Kier molecular flexibility index (Phi) is 5.00. The Labute approximate surface area is 183 Å². The maximum Gasteiger partial charge on any atom is 0.150 e. The van der Waals surface area contributed by atoms with Crippen molar-refractivity contribution in [2.24, 2.45) is 0 Å². The molecule has 6 heteroatoms. The summed E-state index contributed by atoms with van der Waals surface area (Å²) in [7, 11) is 1.65. The summed E-state index contributed by atoms with van der Waals surface area (Å²) >= 11 is 1.57. The van der Waals surface area contributed by atoms with E-state index in [-0.39, 0.29) is 5.78 Å². The van der Waals surface area contributed by atoms with E-state index in [1.165, 1.54) is 0 Å². The van der Waals surface area contributed by atoms with Crippen molar-refractivity contribution in [3.63, 3.8) is 0 Å². The molecule has 0 aliphatic heterocycles. The molecule has 0 radical (unpaired) electrons. The SMILES string of the molecule is COc1cc(CC(=O)Cc2cccc3ccccc23)ccc1-c1nn2c(C)ncc2s1. The Morgan fingerprint density at radius 1 is 1.06 bits per heavy atom.